The summed E-state index contributed by atoms with van der Waals surface area (Å²) in [7, 11) is 1.36. The van der Waals surface area contributed by atoms with Crippen molar-refractivity contribution in [2.45, 2.75) is 6.54 Å². The van der Waals surface area contributed by atoms with E-state index < -0.39 is 5.97 Å². The second kappa shape index (κ2) is 10.2. The van der Waals surface area contributed by atoms with Crippen LogP contribution in [0.4, 0.5) is 0 Å². The Kier molecular flexibility index (Phi) is 7.69. The van der Waals surface area contributed by atoms with Crippen LogP contribution in [0.2, 0.25) is 0 Å². The Labute approximate surface area is 175 Å². The van der Waals surface area contributed by atoms with E-state index in [1.165, 1.54) is 7.11 Å². The Morgan fingerprint density at radius 1 is 0.862 bits per heavy atom. The van der Waals surface area contributed by atoms with Gasteiger partial charge in [0.25, 0.3) is 0 Å². The van der Waals surface area contributed by atoms with Crippen molar-refractivity contribution in [1.82, 2.24) is 0 Å². The average molecular weight is 410 g/mol. The molecule has 0 bridgehead atoms. The van der Waals surface area contributed by atoms with Crippen molar-refractivity contribution in [2.24, 2.45) is 0 Å². The number of rotatable bonds is 6. The number of aromatic nitrogens is 1. The molecule has 6 heteroatoms. The van der Waals surface area contributed by atoms with Gasteiger partial charge < -0.3 is 22.3 Å². The number of hydrogen-bond acceptors (Lipinski definition) is 3. The molecule has 0 spiro atoms. The van der Waals surface area contributed by atoms with Crippen LogP contribution in [0, 0.1) is 0 Å². The Bertz CT molecular complexity index is 995. The van der Waals surface area contributed by atoms with Gasteiger partial charge in [-0.2, -0.15) is 0 Å². The predicted octanol–water partition coefficient (Wildman–Crippen LogP) is 0.682. The second-order valence-electron chi connectivity index (χ2n) is 6.25. The van der Waals surface area contributed by atoms with Crippen molar-refractivity contribution in [3.63, 3.8) is 0 Å². The number of ether oxygens (including phenoxy) is 1. The van der Waals surface area contributed by atoms with Gasteiger partial charge in [0.1, 0.15) is 0 Å². The molecule has 0 fully saturated rings. The molecule has 1 aromatic heterocycles. The molecule has 0 atom stereocenters. The minimum absolute atomic E-state index is 0. The van der Waals surface area contributed by atoms with Crippen molar-refractivity contribution in [2.75, 3.05) is 7.11 Å². The lowest BCUT2D eigenvalue weighted by Crippen LogP contribution is -3.00. The third-order valence-corrected chi connectivity index (χ3v) is 4.28. The smallest absolute Gasteiger partial charge is 0.337 e. The van der Waals surface area contributed by atoms with Gasteiger partial charge in [0, 0.05) is 17.7 Å². The molecule has 1 heterocycles. The first-order valence-corrected chi connectivity index (χ1v) is 8.73. The highest BCUT2D eigenvalue weighted by atomic mass is 35.5. The quantitative estimate of drug-likeness (QED) is 0.480. The second-order valence-corrected chi connectivity index (χ2v) is 6.25. The third kappa shape index (κ3) is 6.02. The first kappa shape index (κ1) is 21.9. The average Bonchev–Trinajstić information content (AvgIpc) is 2.73. The molecule has 0 aliphatic carbocycles. The zero-order valence-electron chi connectivity index (χ0n) is 15.8. The van der Waals surface area contributed by atoms with Crippen molar-refractivity contribution in [1.29, 1.82) is 0 Å². The van der Waals surface area contributed by atoms with Gasteiger partial charge in [-0.05, 0) is 35.4 Å². The zero-order valence-corrected chi connectivity index (χ0v) is 16.5. The molecule has 148 valence electrons. The van der Waals surface area contributed by atoms with Crippen molar-refractivity contribution < 1.29 is 36.4 Å². The van der Waals surface area contributed by atoms with Crippen molar-refractivity contribution in [3.8, 4) is 0 Å². The van der Waals surface area contributed by atoms with Gasteiger partial charge in [-0.25, -0.2) is 14.2 Å². The van der Waals surface area contributed by atoms with Crippen LogP contribution in [0.1, 0.15) is 37.4 Å². The Balaban J connectivity index is 0.00000300. The number of benzene rings is 2. The van der Waals surface area contributed by atoms with Crippen LogP contribution in [-0.2, 0) is 11.3 Å². The van der Waals surface area contributed by atoms with Gasteiger partial charge in [0.15, 0.2) is 18.9 Å². The summed E-state index contributed by atoms with van der Waals surface area (Å²) in [6.45, 7) is 0.666. The number of carboxylic acids is 1. The number of pyridine rings is 1. The maximum Gasteiger partial charge on any atom is 0.337 e. The summed E-state index contributed by atoms with van der Waals surface area (Å²) in [6, 6.07) is 18.1. The number of esters is 1. The van der Waals surface area contributed by atoms with E-state index >= 15 is 0 Å². The molecule has 0 unspecified atom stereocenters. The van der Waals surface area contributed by atoms with E-state index in [0.29, 0.717) is 12.1 Å². The highest BCUT2D eigenvalue weighted by Crippen LogP contribution is 2.10. The number of hydrogen-bond donors (Lipinski definition) is 1. The number of methoxy groups -OCH3 is 1. The molecule has 3 aromatic rings. The lowest BCUT2D eigenvalue weighted by atomic mass is 10.1. The first-order valence-electron chi connectivity index (χ1n) is 8.73. The molecular formula is C23H20ClNO4. The van der Waals surface area contributed by atoms with Gasteiger partial charge >= 0.3 is 11.9 Å². The standard InChI is InChI=1S/C23H19NO4.ClH/c1-28-23(27)21-10-4-17(5-11-21)2-3-18-12-14-24(15-13-18)16-19-6-8-20(9-7-19)22(25)26;/h2-15H,16H2,1H3;1H/b3-2-;. The lowest BCUT2D eigenvalue weighted by molar-refractivity contribution is -0.688. The van der Waals surface area contributed by atoms with Gasteiger partial charge in [0.2, 0.25) is 0 Å². The minimum Gasteiger partial charge on any atom is -1.00 e. The summed E-state index contributed by atoms with van der Waals surface area (Å²) in [5.74, 6) is -1.27. The van der Waals surface area contributed by atoms with Gasteiger partial charge in [-0.3, -0.25) is 0 Å². The normalized spacial score (nSPS) is 10.4. The molecule has 0 saturated carbocycles. The summed E-state index contributed by atoms with van der Waals surface area (Å²) < 4.78 is 6.72. The van der Waals surface area contributed by atoms with E-state index in [2.05, 4.69) is 0 Å². The third-order valence-electron chi connectivity index (χ3n) is 4.28. The summed E-state index contributed by atoms with van der Waals surface area (Å²) in [5, 5.41) is 8.95. The number of halogens is 1. The van der Waals surface area contributed by atoms with Crippen LogP contribution in [0.15, 0.2) is 73.1 Å². The monoisotopic (exact) mass is 409 g/mol. The molecule has 0 radical (unpaired) electrons. The summed E-state index contributed by atoms with van der Waals surface area (Å²) in [5.41, 5.74) is 3.88. The fourth-order valence-electron chi connectivity index (χ4n) is 2.69. The largest absolute Gasteiger partial charge is 1.00 e. The SMILES string of the molecule is COC(=O)c1ccc(/C=C\c2cc[n+](Cc3ccc(C(=O)O)cc3)cc2)cc1.[Cl-]. The highest BCUT2D eigenvalue weighted by Gasteiger charge is 2.06. The molecule has 1 N–H and O–H groups in total. The fraction of sp³-hybridized carbons (Fsp3) is 0.0870. The zero-order chi connectivity index (χ0) is 19.9. The van der Waals surface area contributed by atoms with Gasteiger partial charge in [0.05, 0.1) is 18.2 Å². The van der Waals surface area contributed by atoms with Crippen LogP contribution in [0.3, 0.4) is 0 Å². The Morgan fingerprint density at radius 2 is 1.38 bits per heavy atom. The lowest BCUT2D eigenvalue weighted by Gasteiger charge is -2.00. The fourth-order valence-corrected chi connectivity index (χ4v) is 2.69. The number of nitrogens with zero attached hydrogens (tertiary/aromatic N) is 1. The van der Waals surface area contributed by atoms with Gasteiger partial charge in [-0.15, -0.1) is 0 Å². The molecule has 0 amide bonds. The topological polar surface area (TPSA) is 67.5 Å². The first-order chi connectivity index (χ1) is 13.5. The number of carbonyl (C=O) groups excluding carboxylic acids is 1. The predicted molar refractivity (Wildman–Crippen MR) is 106 cm³/mol. The van der Waals surface area contributed by atoms with Crippen molar-refractivity contribution >= 4 is 24.1 Å². The molecule has 0 aliphatic heterocycles. The summed E-state index contributed by atoms with van der Waals surface area (Å²) >= 11 is 0. The number of aromatic carboxylic acids is 1. The van der Waals surface area contributed by atoms with E-state index in [1.54, 1.807) is 24.3 Å². The molecule has 3 rings (SSSR count). The van der Waals surface area contributed by atoms with Crippen LogP contribution in [0.25, 0.3) is 12.2 Å². The molecule has 2 aromatic carbocycles. The van der Waals surface area contributed by atoms with Gasteiger partial charge in [-0.1, -0.05) is 36.4 Å². The summed E-state index contributed by atoms with van der Waals surface area (Å²) in [6.07, 6.45) is 7.93. The number of carbonyl (C=O) groups is 2. The van der Waals surface area contributed by atoms with Crippen LogP contribution in [-0.4, -0.2) is 24.2 Å². The Hall–Kier alpha value is -3.44. The summed E-state index contributed by atoms with van der Waals surface area (Å²) in [4.78, 5) is 22.3. The van der Waals surface area contributed by atoms with Crippen LogP contribution in [0.5, 0.6) is 0 Å². The molecule has 0 saturated heterocycles. The van der Waals surface area contributed by atoms with Crippen LogP contribution >= 0.6 is 0 Å². The molecule has 0 aliphatic rings. The van der Waals surface area contributed by atoms with E-state index in [-0.39, 0.29) is 23.9 Å². The minimum atomic E-state index is -0.921. The number of carboxylic acid groups (broad SMARTS) is 1. The molecular weight excluding hydrogens is 390 g/mol. The van der Waals surface area contributed by atoms with E-state index in [0.717, 1.165) is 16.7 Å². The van der Waals surface area contributed by atoms with Crippen molar-refractivity contribution in [3.05, 3.63) is 101 Å². The van der Waals surface area contributed by atoms with E-state index in [9.17, 15) is 9.59 Å². The molecule has 29 heavy (non-hydrogen) atoms. The maximum absolute atomic E-state index is 11.4. The van der Waals surface area contributed by atoms with E-state index in [1.807, 2.05) is 65.5 Å². The van der Waals surface area contributed by atoms with Crippen LogP contribution < -0.4 is 17.0 Å². The van der Waals surface area contributed by atoms with E-state index in [4.69, 9.17) is 9.84 Å². The highest BCUT2D eigenvalue weighted by molar-refractivity contribution is 5.89. The molecule has 5 nitrogen and oxygen atoms in total. The Morgan fingerprint density at radius 3 is 1.90 bits per heavy atom. The maximum atomic E-state index is 11.4.